The molecule has 13 heteroatoms. The number of esters is 4. The minimum absolute atomic E-state index is 0.150. The molecule has 0 aliphatic carbocycles. The molecule has 12 nitrogen and oxygen atoms in total. The van der Waals surface area contributed by atoms with Crippen molar-refractivity contribution >= 4 is 23.9 Å². The molecule has 0 bridgehead atoms. The average Bonchev–Trinajstić information content (AvgIpc) is 2.74. The van der Waals surface area contributed by atoms with E-state index >= 15 is 4.39 Å². The van der Waals surface area contributed by atoms with Crippen molar-refractivity contribution in [3.63, 3.8) is 0 Å². The first-order chi connectivity index (χ1) is 15.5. The lowest BCUT2D eigenvalue weighted by molar-refractivity contribution is -0.306. The van der Waals surface area contributed by atoms with Crippen molar-refractivity contribution in [2.24, 2.45) is 0 Å². The van der Waals surface area contributed by atoms with Gasteiger partial charge in [0, 0.05) is 20.3 Å². The van der Waals surface area contributed by atoms with Crippen molar-refractivity contribution < 1.29 is 62.2 Å². The second-order valence-electron chi connectivity index (χ2n) is 7.08. The second kappa shape index (κ2) is 13.4. The first-order valence-electron chi connectivity index (χ1n) is 10.5. The lowest BCUT2D eigenvalue weighted by atomic mass is 9.98. The molecular formula is C20H31FO12. The van der Waals surface area contributed by atoms with Crippen LogP contribution >= 0.6 is 0 Å². The Morgan fingerprint density at radius 2 is 1.48 bits per heavy atom. The summed E-state index contributed by atoms with van der Waals surface area (Å²) < 4.78 is 45.4. The molecule has 1 unspecified atom stereocenters. The SMILES string of the molecule is CCOC(=O)C(F)(CCCOC1O[C@H](CO)[C@@H](O)[C@H](OC(C)=O)[C@H]1OC(C)=O)C(=O)OCC. The molecule has 0 amide bonds. The van der Waals surface area contributed by atoms with E-state index in [1.165, 1.54) is 13.8 Å². The van der Waals surface area contributed by atoms with E-state index in [-0.39, 0.29) is 26.2 Å². The van der Waals surface area contributed by atoms with Gasteiger partial charge in [-0.3, -0.25) is 9.59 Å². The topological polar surface area (TPSA) is 164 Å². The van der Waals surface area contributed by atoms with E-state index in [4.69, 9.17) is 18.9 Å². The maximum absolute atomic E-state index is 15.1. The molecule has 190 valence electrons. The zero-order valence-corrected chi connectivity index (χ0v) is 19.0. The highest BCUT2D eigenvalue weighted by Gasteiger charge is 2.51. The molecule has 1 saturated heterocycles. The van der Waals surface area contributed by atoms with Crippen molar-refractivity contribution in [2.75, 3.05) is 26.4 Å². The Morgan fingerprint density at radius 1 is 0.970 bits per heavy atom. The molecule has 1 heterocycles. The van der Waals surface area contributed by atoms with Crippen molar-refractivity contribution in [3.8, 4) is 0 Å². The van der Waals surface area contributed by atoms with Crippen LogP contribution in [0.3, 0.4) is 0 Å². The Bertz CT molecular complexity index is 666. The highest BCUT2D eigenvalue weighted by Crippen LogP contribution is 2.28. The van der Waals surface area contributed by atoms with E-state index in [0.29, 0.717) is 0 Å². The maximum atomic E-state index is 15.1. The van der Waals surface area contributed by atoms with Gasteiger partial charge in [-0.15, -0.1) is 0 Å². The standard InChI is InChI=1S/C20H31FO12/c1-5-28-18(26)20(21,19(27)29-6-2)8-7-9-30-17-16(32-12(4)24)15(31-11(3)23)14(25)13(10-22)33-17/h13-17,22,25H,5-10H2,1-4H3/t13-,14-,15+,16-,17?/m1/s1. The quantitative estimate of drug-likeness (QED) is 0.160. The van der Waals surface area contributed by atoms with E-state index in [9.17, 15) is 29.4 Å². The number of hydrogen-bond acceptors (Lipinski definition) is 12. The minimum Gasteiger partial charge on any atom is -0.463 e. The summed E-state index contributed by atoms with van der Waals surface area (Å²) in [6.07, 6.45) is -7.87. The fourth-order valence-electron chi connectivity index (χ4n) is 3.11. The van der Waals surface area contributed by atoms with Gasteiger partial charge in [0.25, 0.3) is 0 Å². The highest BCUT2D eigenvalue weighted by atomic mass is 19.1. The van der Waals surface area contributed by atoms with E-state index in [2.05, 4.69) is 9.47 Å². The predicted molar refractivity (Wildman–Crippen MR) is 105 cm³/mol. The molecular weight excluding hydrogens is 451 g/mol. The molecule has 2 N–H and O–H groups in total. The highest BCUT2D eigenvalue weighted by molar-refractivity contribution is 6.03. The fourth-order valence-corrected chi connectivity index (χ4v) is 3.11. The summed E-state index contributed by atoms with van der Waals surface area (Å²) in [6, 6.07) is 0. The second-order valence-corrected chi connectivity index (χ2v) is 7.08. The number of aliphatic hydroxyl groups excluding tert-OH is 2. The third-order valence-electron chi connectivity index (χ3n) is 4.55. The number of aliphatic hydroxyl groups is 2. The number of hydrogen-bond donors (Lipinski definition) is 2. The van der Waals surface area contributed by atoms with Crippen LogP contribution in [0, 0.1) is 0 Å². The van der Waals surface area contributed by atoms with Crippen molar-refractivity contribution in [2.45, 2.75) is 76.9 Å². The van der Waals surface area contributed by atoms with Gasteiger partial charge in [0.1, 0.15) is 12.2 Å². The summed E-state index contributed by atoms with van der Waals surface area (Å²) in [6.45, 7) is 3.76. The van der Waals surface area contributed by atoms with Gasteiger partial charge in [-0.1, -0.05) is 0 Å². The van der Waals surface area contributed by atoms with Gasteiger partial charge < -0.3 is 38.6 Å². The Kier molecular flexibility index (Phi) is 11.6. The number of carbonyl (C=O) groups excluding carboxylic acids is 4. The Hall–Kier alpha value is -2.35. The monoisotopic (exact) mass is 482 g/mol. The van der Waals surface area contributed by atoms with Crippen molar-refractivity contribution in [3.05, 3.63) is 0 Å². The van der Waals surface area contributed by atoms with Crippen molar-refractivity contribution in [1.82, 2.24) is 0 Å². The molecule has 0 spiro atoms. The van der Waals surface area contributed by atoms with Crippen LogP contribution in [0.2, 0.25) is 0 Å². The van der Waals surface area contributed by atoms with Gasteiger partial charge in [-0.25, -0.2) is 14.0 Å². The predicted octanol–water partition coefficient (Wildman–Crippen LogP) is -0.441. The summed E-state index contributed by atoms with van der Waals surface area (Å²) >= 11 is 0. The summed E-state index contributed by atoms with van der Waals surface area (Å²) in [5.74, 6) is -4.38. The number of alkyl halides is 1. The van der Waals surface area contributed by atoms with Crippen LogP contribution < -0.4 is 0 Å². The molecule has 0 aromatic carbocycles. The Labute approximate surface area is 190 Å². The van der Waals surface area contributed by atoms with E-state index in [1.54, 1.807) is 0 Å². The van der Waals surface area contributed by atoms with Crippen LogP contribution in [0.4, 0.5) is 4.39 Å². The van der Waals surface area contributed by atoms with Crippen LogP contribution in [0.15, 0.2) is 0 Å². The molecule has 0 radical (unpaired) electrons. The number of ether oxygens (including phenoxy) is 6. The van der Waals surface area contributed by atoms with Gasteiger partial charge in [0.15, 0.2) is 18.5 Å². The summed E-state index contributed by atoms with van der Waals surface area (Å²) in [5, 5.41) is 19.8. The molecule has 33 heavy (non-hydrogen) atoms. The average molecular weight is 482 g/mol. The maximum Gasteiger partial charge on any atom is 0.355 e. The molecule has 1 aliphatic rings. The Morgan fingerprint density at radius 3 is 1.94 bits per heavy atom. The van der Waals surface area contributed by atoms with Crippen LogP contribution in [-0.2, 0) is 47.6 Å². The molecule has 0 saturated carbocycles. The van der Waals surface area contributed by atoms with Crippen molar-refractivity contribution in [1.29, 1.82) is 0 Å². The molecule has 0 aromatic rings. The smallest absolute Gasteiger partial charge is 0.355 e. The summed E-state index contributed by atoms with van der Waals surface area (Å²) in [5.41, 5.74) is -3.05. The number of carbonyl (C=O) groups is 4. The Balaban J connectivity index is 2.93. The molecule has 1 aliphatic heterocycles. The van der Waals surface area contributed by atoms with Crippen LogP contribution in [0.25, 0.3) is 0 Å². The van der Waals surface area contributed by atoms with Gasteiger partial charge in [0.2, 0.25) is 0 Å². The van der Waals surface area contributed by atoms with Crippen LogP contribution in [-0.4, -0.2) is 96.9 Å². The number of rotatable bonds is 12. The van der Waals surface area contributed by atoms with E-state index < -0.39 is 73.3 Å². The zero-order chi connectivity index (χ0) is 25.2. The largest absolute Gasteiger partial charge is 0.463 e. The molecule has 5 atom stereocenters. The number of halogens is 1. The first-order valence-corrected chi connectivity index (χ1v) is 10.5. The van der Waals surface area contributed by atoms with Gasteiger partial charge >= 0.3 is 29.5 Å². The van der Waals surface area contributed by atoms with Crippen LogP contribution in [0.1, 0.15) is 40.5 Å². The normalized spacial score (nSPS) is 25.1. The lowest BCUT2D eigenvalue weighted by Gasteiger charge is -2.42. The molecule has 1 rings (SSSR count). The van der Waals surface area contributed by atoms with Crippen LogP contribution in [0.5, 0.6) is 0 Å². The van der Waals surface area contributed by atoms with E-state index in [0.717, 1.165) is 13.8 Å². The van der Waals surface area contributed by atoms with E-state index in [1.807, 2.05) is 0 Å². The summed E-state index contributed by atoms with van der Waals surface area (Å²) in [7, 11) is 0. The summed E-state index contributed by atoms with van der Waals surface area (Å²) in [4.78, 5) is 47.0. The zero-order valence-electron chi connectivity index (χ0n) is 19.0. The molecule has 0 aromatic heterocycles. The fraction of sp³-hybridized carbons (Fsp3) is 0.800. The van der Waals surface area contributed by atoms with Gasteiger partial charge in [0.05, 0.1) is 26.4 Å². The first kappa shape index (κ1) is 28.7. The molecule has 1 fully saturated rings. The van der Waals surface area contributed by atoms with Gasteiger partial charge in [-0.2, -0.15) is 0 Å². The third-order valence-corrected chi connectivity index (χ3v) is 4.55. The van der Waals surface area contributed by atoms with Gasteiger partial charge in [-0.05, 0) is 20.3 Å². The minimum atomic E-state index is -3.05. The lowest BCUT2D eigenvalue weighted by Crippen LogP contribution is -2.61. The third kappa shape index (κ3) is 7.88.